The van der Waals surface area contributed by atoms with Crippen molar-refractivity contribution in [2.24, 2.45) is 0 Å². The van der Waals surface area contributed by atoms with Gasteiger partial charge >= 0.3 is 0 Å². The predicted molar refractivity (Wildman–Crippen MR) is 74.3 cm³/mol. The van der Waals surface area contributed by atoms with Gasteiger partial charge in [-0.1, -0.05) is 18.1 Å². The van der Waals surface area contributed by atoms with Crippen LogP contribution in [0, 0.1) is 0 Å². The summed E-state index contributed by atoms with van der Waals surface area (Å²) in [5.41, 5.74) is 1.68. The summed E-state index contributed by atoms with van der Waals surface area (Å²) in [6, 6.07) is 1.42. The molecule has 2 heteroatoms. The van der Waals surface area contributed by atoms with Gasteiger partial charge in [0.1, 0.15) is 0 Å². The van der Waals surface area contributed by atoms with Crippen molar-refractivity contribution in [1.82, 2.24) is 10.6 Å². The van der Waals surface area contributed by atoms with E-state index < -0.39 is 0 Å². The first-order chi connectivity index (χ1) is 8.34. The van der Waals surface area contributed by atoms with E-state index in [2.05, 4.69) is 23.6 Å². The second-order valence-electron chi connectivity index (χ2n) is 5.74. The quantitative estimate of drug-likeness (QED) is 0.693. The van der Waals surface area contributed by atoms with Crippen molar-refractivity contribution >= 4 is 0 Å². The van der Waals surface area contributed by atoms with E-state index in [9.17, 15) is 0 Å². The molecule has 2 nitrogen and oxygen atoms in total. The highest BCUT2D eigenvalue weighted by Crippen LogP contribution is 2.20. The van der Waals surface area contributed by atoms with E-state index in [1.807, 2.05) is 0 Å². The zero-order chi connectivity index (χ0) is 11.9. The van der Waals surface area contributed by atoms with Crippen molar-refractivity contribution in [3.05, 3.63) is 11.6 Å². The first-order valence-corrected chi connectivity index (χ1v) is 7.49. The van der Waals surface area contributed by atoms with Crippen molar-refractivity contribution in [3.8, 4) is 0 Å². The Morgan fingerprint density at radius 2 is 2.35 bits per heavy atom. The number of hydrogen-bond acceptors (Lipinski definition) is 2. The summed E-state index contributed by atoms with van der Waals surface area (Å²) >= 11 is 0. The van der Waals surface area contributed by atoms with E-state index >= 15 is 0 Å². The molecule has 2 unspecified atom stereocenters. The zero-order valence-electron chi connectivity index (χ0n) is 11.3. The molecule has 0 amide bonds. The van der Waals surface area contributed by atoms with Gasteiger partial charge in [-0.15, -0.1) is 0 Å². The summed E-state index contributed by atoms with van der Waals surface area (Å²) in [7, 11) is 0. The average molecular weight is 236 g/mol. The van der Waals surface area contributed by atoms with Gasteiger partial charge in [0.05, 0.1) is 0 Å². The lowest BCUT2D eigenvalue weighted by Crippen LogP contribution is -2.40. The van der Waals surface area contributed by atoms with Crippen LogP contribution in [0.25, 0.3) is 0 Å². The molecule has 1 saturated heterocycles. The molecule has 1 aliphatic carbocycles. The Hall–Kier alpha value is -0.340. The maximum absolute atomic E-state index is 3.68. The smallest absolute Gasteiger partial charge is 0.00817 e. The highest BCUT2D eigenvalue weighted by Gasteiger charge is 2.15. The summed E-state index contributed by atoms with van der Waals surface area (Å²) in [6.07, 6.45) is 13.2. The Labute approximate surface area is 106 Å². The molecule has 0 bridgehead atoms. The molecule has 2 aliphatic rings. The summed E-state index contributed by atoms with van der Waals surface area (Å²) in [6.45, 7) is 4.73. The van der Waals surface area contributed by atoms with E-state index in [1.165, 1.54) is 64.5 Å². The Morgan fingerprint density at radius 1 is 1.41 bits per heavy atom. The Kier molecular flexibility index (Phi) is 5.53. The van der Waals surface area contributed by atoms with Crippen LogP contribution in [0.2, 0.25) is 0 Å². The fourth-order valence-electron chi connectivity index (χ4n) is 3.08. The highest BCUT2D eigenvalue weighted by molar-refractivity contribution is 5.07. The van der Waals surface area contributed by atoms with Gasteiger partial charge in [-0.3, -0.25) is 0 Å². The predicted octanol–water partition coefficient (Wildman–Crippen LogP) is 3.00. The maximum atomic E-state index is 3.68. The minimum Gasteiger partial charge on any atom is -0.314 e. The number of hydrogen-bond donors (Lipinski definition) is 2. The Bertz CT molecular complexity index is 241. The van der Waals surface area contributed by atoms with Crippen molar-refractivity contribution < 1.29 is 0 Å². The SMILES string of the molecule is CC(CC1CCCCN1)NCCC1=CCCC1. The van der Waals surface area contributed by atoms with Gasteiger partial charge in [-0.05, 0) is 65.0 Å². The van der Waals surface area contributed by atoms with E-state index in [0.29, 0.717) is 6.04 Å². The molecule has 1 fully saturated rings. The molecule has 17 heavy (non-hydrogen) atoms. The topological polar surface area (TPSA) is 24.1 Å². The number of rotatable bonds is 6. The highest BCUT2D eigenvalue weighted by atomic mass is 15.0. The van der Waals surface area contributed by atoms with Crippen LogP contribution in [0.1, 0.15) is 58.3 Å². The van der Waals surface area contributed by atoms with E-state index in [-0.39, 0.29) is 0 Å². The molecule has 2 atom stereocenters. The molecule has 0 radical (unpaired) electrons. The molecular weight excluding hydrogens is 208 g/mol. The third-order valence-electron chi connectivity index (χ3n) is 4.12. The molecule has 0 aromatic rings. The molecule has 1 heterocycles. The second kappa shape index (κ2) is 7.17. The molecule has 0 spiro atoms. The fraction of sp³-hybridized carbons (Fsp3) is 0.867. The normalized spacial score (nSPS) is 26.9. The largest absolute Gasteiger partial charge is 0.314 e. The molecule has 98 valence electrons. The van der Waals surface area contributed by atoms with Crippen LogP contribution in [-0.2, 0) is 0 Å². The fourth-order valence-corrected chi connectivity index (χ4v) is 3.08. The minimum absolute atomic E-state index is 0.660. The third kappa shape index (κ3) is 4.81. The Balaban J connectivity index is 1.55. The lowest BCUT2D eigenvalue weighted by Gasteiger charge is -2.26. The summed E-state index contributed by atoms with van der Waals surface area (Å²) in [4.78, 5) is 0. The van der Waals surface area contributed by atoms with Crippen LogP contribution < -0.4 is 10.6 Å². The Morgan fingerprint density at radius 3 is 3.06 bits per heavy atom. The molecule has 2 rings (SSSR count). The van der Waals surface area contributed by atoms with Gasteiger partial charge in [0, 0.05) is 12.1 Å². The second-order valence-corrected chi connectivity index (χ2v) is 5.74. The monoisotopic (exact) mass is 236 g/mol. The molecule has 0 aromatic heterocycles. The van der Waals surface area contributed by atoms with Crippen LogP contribution in [-0.4, -0.2) is 25.2 Å². The molecule has 1 aliphatic heterocycles. The number of nitrogens with one attached hydrogen (secondary N) is 2. The first-order valence-electron chi connectivity index (χ1n) is 7.49. The van der Waals surface area contributed by atoms with Crippen molar-refractivity contribution in [2.75, 3.05) is 13.1 Å². The molecular formula is C15H28N2. The van der Waals surface area contributed by atoms with Crippen LogP contribution >= 0.6 is 0 Å². The van der Waals surface area contributed by atoms with E-state index in [0.717, 1.165) is 6.04 Å². The van der Waals surface area contributed by atoms with Crippen molar-refractivity contribution in [3.63, 3.8) is 0 Å². The number of piperidine rings is 1. The first kappa shape index (κ1) is 13.1. The third-order valence-corrected chi connectivity index (χ3v) is 4.12. The lowest BCUT2D eigenvalue weighted by atomic mass is 9.99. The van der Waals surface area contributed by atoms with Crippen LogP contribution in [0.4, 0.5) is 0 Å². The van der Waals surface area contributed by atoms with Crippen molar-refractivity contribution in [2.45, 2.75) is 70.4 Å². The average Bonchev–Trinajstić information content (AvgIpc) is 2.83. The molecule has 0 saturated carbocycles. The lowest BCUT2D eigenvalue weighted by molar-refractivity contribution is 0.346. The minimum atomic E-state index is 0.660. The van der Waals surface area contributed by atoms with Crippen molar-refractivity contribution in [1.29, 1.82) is 0 Å². The van der Waals surface area contributed by atoms with Gasteiger partial charge in [0.2, 0.25) is 0 Å². The van der Waals surface area contributed by atoms with Gasteiger partial charge in [0.25, 0.3) is 0 Å². The van der Waals surface area contributed by atoms with Gasteiger partial charge in [0.15, 0.2) is 0 Å². The van der Waals surface area contributed by atoms with Crippen LogP contribution in [0.3, 0.4) is 0 Å². The maximum Gasteiger partial charge on any atom is 0.00817 e. The molecule has 0 aromatic carbocycles. The standard InChI is InChI=1S/C15H28N2/c1-13(12-15-8-4-5-10-17-15)16-11-9-14-6-2-3-7-14/h6,13,15-17H,2-5,7-12H2,1H3. The van der Waals surface area contributed by atoms with Gasteiger partial charge in [-0.25, -0.2) is 0 Å². The summed E-state index contributed by atoms with van der Waals surface area (Å²) in [5, 5.41) is 7.31. The van der Waals surface area contributed by atoms with Gasteiger partial charge in [-0.2, -0.15) is 0 Å². The van der Waals surface area contributed by atoms with E-state index in [4.69, 9.17) is 0 Å². The number of allylic oxidation sites excluding steroid dienone is 1. The summed E-state index contributed by atoms with van der Waals surface area (Å²) < 4.78 is 0. The van der Waals surface area contributed by atoms with Crippen LogP contribution in [0.15, 0.2) is 11.6 Å². The molecule has 2 N–H and O–H groups in total. The van der Waals surface area contributed by atoms with Crippen LogP contribution in [0.5, 0.6) is 0 Å². The van der Waals surface area contributed by atoms with Gasteiger partial charge < -0.3 is 10.6 Å². The zero-order valence-corrected chi connectivity index (χ0v) is 11.3. The van der Waals surface area contributed by atoms with E-state index in [1.54, 1.807) is 5.57 Å². The summed E-state index contributed by atoms with van der Waals surface area (Å²) in [5.74, 6) is 0.